The molecule has 1 N–H and O–H groups in total. The van der Waals surface area contributed by atoms with Crippen molar-refractivity contribution in [3.63, 3.8) is 0 Å². The minimum absolute atomic E-state index is 0.0275. The molecule has 0 spiro atoms. The normalized spacial score (nSPS) is 14.5. The zero-order valence-corrected chi connectivity index (χ0v) is 15.8. The van der Waals surface area contributed by atoms with Crippen molar-refractivity contribution in [3.05, 3.63) is 77.9 Å². The van der Waals surface area contributed by atoms with Crippen molar-refractivity contribution in [2.45, 2.75) is 19.3 Å². The first-order valence-electron chi connectivity index (χ1n) is 9.52. The molecule has 0 unspecified atom stereocenters. The van der Waals surface area contributed by atoms with Crippen molar-refractivity contribution >= 4 is 11.9 Å². The number of piperidine rings is 1. The monoisotopic (exact) mass is 379 g/mol. The number of carbonyl (C=O) groups excluding carboxylic acids is 1. The van der Waals surface area contributed by atoms with E-state index in [4.69, 9.17) is 4.74 Å². The number of amides is 1. The highest BCUT2D eigenvalue weighted by molar-refractivity contribution is 5.94. The predicted octanol–water partition coefficient (Wildman–Crippen LogP) is 4.04. The van der Waals surface area contributed by atoms with Crippen LogP contribution in [0.1, 0.15) is 39.1 Å². The fourth-order valence-electron chi connectivity index (χ4n) is 3.59. The molecule has 1 aliphatic heterocycles. The lowest BCUT2D eigenvalue weighted by Crippen LogP contribution is -2.39. The molecule has 1 aliphatic rings. The summed E-state index contributed by atoms with van der Waals surface area (Å²) >= 11 is 0. The molecule has 1 amide bonds. The fraction of sp³-hybridized carbons (Fsp3) is 0.304. The Morgan fingerprint density at radius 2 is 1.79 bits per heavy atom. The summed E-state index contributed by atoms with van der Waals surface area (Å²) < 4.78 is 5.45. The number of ether oxygens (including phenoxy) is 1. The van der Waals surface area contributed by atoms with Gasteiger partial charge in [0.05, 0.1) is 5.56 Å². The van der Waals surface area contributed by atoms with Crippen LogP contribution in [0.3, 0.4) is 0 Å². The van der Waals surface area contributed by atoms with Crippen LogP contribution in [-0.2, 0) is 6.42 Å². The van der Waals surface area contributed by atoms with Gasteiger partial charge in [0.2, 0.25) is 0 Å². The summed E-state index contributed by atoms with van der Waals surface area (Å²) in [7, 11) is 0. The van der Waals surface area contributed by atoms with Crippen LogP contribution in [0.25, 0.3) is 0 Å². The standard InChI is InChI=1S/C23H25NO4/c1-2-15-28-20-9-7-18(8-10-20)22(25)24-13-11-17(12-14-24)16-19-5-3-4-6-21(19)23(26)27/h2-10,17H,1,11-16H2,(H,26,27). The van der Waals surface area contributed by atoms with Gasteiger partial charge in [-0.3, -0.25) is 4.79 Å². The molecule has 5 heteroatoms. The molecule has 5 nitrogen and oxygen atoms in total. The van der Waals surface area contributed by atoms with E-state index in [1.54, 1.807) is 42.5 Å². The van der Waals surface area contributed by atoms with Crippen molar-refractivity contribution in [1.29, 1.82) is 0 Å². The first kappa shape index (κ1) is 19.7. The first-order valence-corrected chi connectivity index (χ1v) is 9.52. The molecule has 1 fully saturated rings. The highest BCUT2D eigenvalue weighted by Gasteiger charge is 2.24. The van der Waals surface area contributed by atoms with E-state index in [2.05, 4.69) is 6.58 Å². The number of hydrogen-bond acceptors (Lipinski definition) is 3. The largest absolute Gasteiger partial charge is 0.490 e. The van der Waals surface area contributed by atoms with Gasteiger partial charge < -0.3 is 14.7 Å². The maximum absolute atomic E-state index is 12.7. The van der Waals surface area contributed by atoms with Crippen molar-refractivity contribution in [1.82, 2.24) is 4.90 Å². The average Bonchev–Trinajstić information content (AvgIpc) is 2.73. The quantitative estimate of drug-likeness (QED) is 0.737. The Bertz CT molecular complexity index is 836. The summed E-state index contributed by atoms with van der Waals surface area (Å²) in [6.45, 7) is 5.43. The van der Waals surface area contributed by atoms with Crippen LogP contribution < -0.4 is 4.74 Å². The molecule has 0 aromatic heterocycles. The Kier molecular flexibility index (Phi) is 6.48. The Labute approximate surface area is 165 Å². The van der Waals surface area contributed by atoms with Crippen molar-refractivity contribution in [2.75, 3.05) is 19.7 Å². The van der Waals surface area contributed by atoms with Crippen LogP contribution in [0, 0.1) is 5.92 Å². The summed E-state index contributed by atoms with van der Waals surface area (Å²) in [5.74, 6) is 0.245. The van der Waals surface area contributed by atoms with E-state index < -0.39 is 5.97 Å². The maximum Gasteiger partial charge on any atom is 0.335 e. The molecular weight excluding hydrogens is 354 g/mol. The third-order valence-corrected chi connectivity index (χ3v) is 5.13. The maximum atomic E-state index is 12.7. The van der Waals surface area contributed by atoms with Crippen LogP contribution in [-0.4, -0.2) is 41.6 Å². The number of carboxylic acid groups (broad SMARTS) is 1. The van der Waals surface area contributed by atoms with Gasteiger partial charge in [0, 0.05) is 18.7 Å². The smallest absolute Gasteiger partial charge is 0.335 e. The number of rotatable bonds is 7. The van der Waals surface area contributed by atoms with Crippen molar-refractivity contribution < 1.29 is 19.4 Å². The van der Waals surface area contributed by atoms with E-state index in [9.17, 15) is 14.7 Å². The molecule has 3 rings (SSSR count). The molecule has 2 aromatic carbocycles. The van der Waals surface area contributed by atoms with E-state index in [0.717, 1.165) is 24.8 Å². The fourth-order valence-corrected chi connectivity index (χ4v) is 3.59. The Morgan fingerprint density at radius 3 is 2.43 bits per heavy atom. The van der Waals surface area contributed by atoms with Crippen LogP contribution in [0.15, 0.2) is 61.2 Å². The molecule has 2 aromatic rings. The molecule has 0 aliphatic carbocycles. The van der Waals surface area contributed by atoms with E-state index in [1.807, 2.05) is 17.0 Å². The molecule has 28 heavy (non-hydrogen) atoms. The number of aromatic carboxylic acids is 1. The van der Waals surface area contributed by atoms with Gasteiger partial charge in [-0.1, -0.05) is 30.9 Å². The molecule has 1 heterocycles. The minimum atomic E-state index is -0.885. The number of benzene rings is 2. The van der Waals surface area contributed by atoms with Gasteiger partial charge in [-0.15, -0.1) is 0 Å². The number of carbonyl (C=O) groups is 2. The number of nitrogens with zero attached hydrogens (tertiary/aromatic N) is 1. The van der Waals surface area contributed by atoms with Gasteiger partial charge >= 0.3 is 5.97 Å². The lowest BCUT2D eigenvalue weighted by atomic mass is 9.88. The lowest BCUT2D eigenvalue weighted by molar-refractivity contribution is 0.0690. The average molecular weight is 379 g/mol. The second-order valence-corrected chi connectivity index (χ2v) is 7.03. The van der Waals surface area contributed by atoms with Crippen LogP contribution in [0.2, 0.25) is 0 Å². The number of hydrogen-bond donors (Lipinski definition) is 1. The molecule has 146 valence electrons. The first-order chi connectivity index (χ1) is 13.6. The molecular formula is C23H25NO4. The summed E-state index contributed by atoms with van der Waals surface area (Å²) in [4.78, 5) is 26.0. The minimum Gasteiger partial charge on any atom is -0.490 e. The molecule has 0 bridgehead atoms. The number of carboxylic acids is 1. The Hall–Kier alpha value is -3.08. The predicted molar refractivity (Wildman–Crippen MR) is 108 cm³/mol. The summed E-state index contributed by atoms with van der Waals surface area (Å²) in [6.07, 6.45) is 4.17. The lowest BCUT2D eigenvalue weighted by Gasteiger charge is -2.32. The third kappa shape index (κ3) is 4.80. The van der Waals surface area contributed by atoms with Crippen LogP contribution >= 0.6 is 0 Å². The Morgan fingerprint density at radius 1 is 1.11 bits per heavy atom. The third-order valence-electron chi connectivity index (χ3n) is 5.13. The second-order valence-electron chi connectivity index (χ2n) is 7.03. The van der Waals surface area contributed by atoms with Gasteiger partial charge in [0.15, 0.2) is 0 Å². The molecule has 1 saturated heterocycles. The van der Waals surface area contributed by atoms with Crippen molar-refractivity contribution in [3.8, 4) is 5.75 Å². The van der Waals surface area contributed by atoms with Crippen LogP contribution in [0.5, 0.6) is 5.75 Å². The van der Waals surface area contributed by atoms with E-state index >= 15 is 0 Å². The van der Waals surface area contributed by atoms with E-state index in [-0.39, 0.29) is 5.91 Å². The summed E-state index contributed by atoms with van der Waals surface area (Å²) in [5, 5.41) is 9.34. The highest BCUT2D eigenvalue weighted by Crippen LogP contribution is 2.25. The Balaban J connectivity index is 1.56. The van der Waals surface area contributed by atoms with Crippen LogP contribution in [0.4, 0.5) is 0 Å². The van der Waals surface area contributed by atoms with Crippen molar-refractivity contribution in [2.24, 2.45) is 5.92 Å². The van der Waals surface area contributed by atoms with E-state index in [1.165, 1.54) is 0 Å². The molecule has 0 saturated carbocycles. The van der Waals surface area contributed by atoms with E-state index in [0.29, 0.717) is 42.5 Å². The highest BCUT2D eigenvalue weighted by atomic mass is 16.5. The second kappa shape index (κ2) is 9.22. The zero-order chi connectivity index (χ0) is 19.9. The van der Waals surface area contributed by atoms with Gasteiger partial charge in [-0.05, 0) is 61.1 Å². The summed E-state index contributed by atoms with van der Waals surface area (Å²) in [5.41, 5.74) is 1.90. The SMILES string of the molecule is C=CCOc1ccc(C(=O)N2CCC(Cc3ccccc3C(=O)O)CC2)cc1. The van der Waals surface area contributed by atoms with Gasteiger partial charge in [-0.2, -0.15) is 0 Å². The van der Waals surface area contributed by atoms with Gasteiger partial charge in [0.25, 0.3) is 5.91 Å². The van der Waals surface area contributed by atoms with Gasteiger partial charge in [0.1, 0.15) is 12.4 Å². The number of likely N-dealkylation sites (tertiary alicyclic amines) is 1. The topological polar surface area (TPSA) is 66.8 Å². The van der Waals surface area contributed by atoms with Gasteiger partial charge in [-0.25, -0.2) is 4.79 Å². The zero-order valence-electron chi connectivity index (χ0n) is 15.8. The summed E-state index contributed by atoms with van der Waals surface area (Å²) in [6, 6.07) is 14.3. The molecule has 0 radical (unpaired) electrons. The molecule has 0 atom stereocenters.